The molecule has 0 saturated carbocycles. The second-order valence-electron chi connectivity index (χ2n) is 6.74. The molecule has 2 atom stereocenters. The predicted molar refractivity (Wildman–Crippen MR) is 113 cm³/mol. The largest absolute Gasteiger partial charge is 0.316 e. The van der Waals surface area contributed by atoms with Gasteiger partial charge in [-0.15, -0.1) is 0 Å². The van der Waals surface area contributed by atoms with Gasteiger partial charge in [0.15, 0.2) is 15.0 Å². The van der Waals surface area contributed by atoms with Gasteiger partial charge in [-0.25, -0.2) is 12.8 Å². The Morgan fingerprint density at radius 3 is 2.68 bits per heavy atom. The Morgan fingerprint density at radius 1 is 1.21 bits per heavy atom. The van der Waals surface area contributed by atoms with E-state index in [-0.39, 0.29) is 40.9 Å². The van der Waals surface area contributed by atoms with E-state index in [1.165, 1.54) is 23.9 Å². The molecule has 1 amide bonds. The molecule has 2 aliphatic heterocycles. The highest BCUT2D eigenvalue weighted by atomic mass is 79.9. The maximum atomic E-state index is 13.0. The third-order valence-electron chi connectivity index (χ3n) is 4.64. The van der Waals surface area contributed by atoms with Crippen molar-refractivity contribution in [3.05, 3.63) is 64.4 Å². The topological polar surface area (TPSA) is 66.8 Å². The number of anilines is 1. The summed E-state index contributed by atoms with van der Waals surface area (Å²) in [4.78, 5) is 18.6. The number of halogens is 2. The van der Waals surface area contributed by atoms with Gasteiger partial charge in [0.1, 0.15) is 5.82 Å². The number of benzene rings is 2. The fraction of sp³-hybridized carbons (Fsp3) is 0.263. The first-order chi connectivity index (χ1) is 13.3. The molecule has 0 N–H and O–H groups in total. The molecular formula is C19H16BrFN2O3S2. The number of carbonyl (C=O) groups excluding carboxylic acids is 1. The van der Waals surface area contributed by atoms with Crippen molar-refractivity contribution in [3.8, 4) is 0 Å². The Morgan fingerprint density at radius 2 is 1.96 bits per heavy atom. The van der Waals surface area contributed by atoms with Crippen LogP contribution in [0.3, 0.4) is 0 Å². The number of nitrogens with zero attached hydrogens (tertiary/aromatic N) is 2. The fourth-order valence-electron chi connectivity index (χ4n) is 3.42. The number of hydrogen-bond acceptors (Lipinski definition) is 4. The fourth-order valence-corrected chi connectivity index (χ4v) is 7.73. The van der Waals surface area contributed by atoms with Crippen molar-refractivity contribution in [2.24, 2.45) is 4.99 Å². The van der Waals surface area contributed by atoms with E-state index in [0.717, 1.165) is 10.2 Å². The lowest BCUT2D eigenvalue weighted by molar-refractivity contribution is -0.117. The molecule has 4 rings (SSSR count). The molecule has 2 aromatic rings. The lowest BCUT2D eigenvalue weighted by atomic mass is 10.1. The molecule has 2 aromatic carbocycles. The molecule has 2 unspecified atom stereocenters. The predicted octanol–water partition coefficient (Wildman–Crippen LogP) is 3.43. The van der Waals surface area contributed by atoms with Crippen molar-refractivity contribution in [1.29, 1.82) is 0 Å². The van der Waals surface area contributed by atoms with Gasteiger partial charge in [-0.3, -0.25) is 4.79 Å². The number of thioether (sulfide) groups is 1. The number of fused-ring (bicyclic) bond motifs is 1. The number of amides is 1. The number of amidine groups is 1. The van der Waals surface area contributed by atoms with Crippen molar-refractivity contribution in [3.63, 3.8) is 0 Å². The first-order valence-corrected chi connectivity index (χ1v) is 12.1. The maximum Gasteiger partial charge on any atom is 0.252 e. The molecule has 28 heavy (non-hydrogen) atoms. The molecule has 0 spiro atoms. The normalized spacial score (nSPS) is 24.5. The first-order valence-electron chi connectivity index (χ1n) is 8.58. The summed E-state index contributed by atoms with van der Waals surface area (Å²) in [7, 11) is -3.11. The van der Waals surface area contributed by atoms with Crippen molar-refractivity contribution >= 4 is 54.3 Å². The summed E-state index contributed by atoms with van der Waals surface area (Å²) in [5.74, 6) is -0.582. The molecule has 2 aliphatic rings. The Bertz CT molecular complexity index is 1060. The van der Waals surface area contributed by atoms with Crippen molar-refractivity contribution in [2.75, 3.05) is 16.4 Å². The third-order valence-corrected chi connectivity index (χ3v) is 8.34. The van der Waals surface area contributed by atoms with Crippen LogP contribution in [0.2, 0.25) is 0 Å². The van der Waals surface area contributed by atoms with E-state index in [2.05, 4.69) is 20.9 Å². The molecule has 0 aliphatic carbocycles. The Kier molecular flexibility index (Phi) is 5.32. The Labute approximate surface area is 175 Å². The number of carbonyl (C=O) groups is 1. The average Bonchev–Trinajstić information content (AvgIpc) is 3.07. The average molecular weight is 483 g/mol. The zero-order valence-electron chi connectivity index (χ0n) is 14.6. The minimum atomic E-state index is -3.11. The van der Waals surface area contributed by atoms with E-state index in [1.807, 2.05) is 29.2 Å². The van der Waals surface area contributed by atoms with Gasteiger partial charge in [-0.05, 0) is 35.9 Å². The Hall–Kier alpha value is -1.71. The van der Waals surface area contributed by atoms with Crippen LogP contribution in [0.4, 0.5) is 10.1 Å². The Balaban J connectivity index is 1.63. The summed E-state index contributed by atoms with van der Waals surface area (Å²) in [5.41, 5.74) is 1.47. The lowest BCUT2D eigenvalue weighted by Crippen LogP contribution is -2.37. The van der Waals surface area contributed by atoms with Crippen LogP contribution in [0, 0.1) is 5.82 Å². The van der Waals surface area contributed by atoms with Gasteiger partial charge in [0.25, 0.3) is 5.91 Å². The first kappa shape index (κ1) is 19.6. The monoisotopic (exact) mass is 482 g/mol. The van der Waals surface area contributed by atoms with Crippen LogP contribution < -0.4 is 4.90 Å². The van der Waals surface area contributed by atoms with Gasteiger partial charge < -0.3 is 4.90 Å². The molecule has 2 fully saturated rings. The number of sulfone groups is 1. The molecule has 0 aromatic heterocycles. The molecule has 146 valence electrons. The van der Waals surface area contributed by atoms with Gasteiger partial charge in [0.05, 0.1) is 24.0 Å². The van der Waals surface area contributed by atoms with Crippen LogP contribution in [-0.4, -0.2) is 42.3 Å². The second-order valence-corrected chi connectivity index (χ2v) is 11.0. The SMILES string of the molecule is O=C(Cc1ccc(F)cc1)N=C1SC2CS(=O)(=O)CC2N1c1cccc(Br)c1. The quantitative estimate of drug-likeness (QED) is 0.670. The summed E-state index contributed by atoms with van der Waals surface area (Å²) in [6.07, 6.45) is 0.0598. The van der Waals surface area contributed by atoms with Crippen LogP contribution in [0.15, 0.2) is 58.0 Å². The summed E-state index contributed by atoms with van der Waals surface area (Å²) in [6, 6.07) is 13.0. The van der Waals surface area contributed by atoms with Gasteiger partial charge in [0.2, 0.25) is 0 Å². The van der Waals surface area contributed by atoms with Crippen molar-refractivity contribution in [2.45, 2.75) is 17.7 Å². The zero-order valence-corrected chi connectivity index (χ0v) is 17.8. The highest BCUT2D eigenvalue weighted by Gasteiger charge is 2.49. The summed E-state index contributed by atoms with van der Waals surface area (Å²) < 4.78 is 38.1. The van der Waals surface area contributed by atoms with E-state index in [1.54, 1.807) is 12.1 Å². The van der Waals surface area contributed by atoms with Gasteiger partial charge in [-0.2, -0.15) is 4.99 Å². The van der Waals surface area contributed by atoms with E-state index in [4.69, 9.17) is 0 Å². The lowest BCUT2D eigenvalue weighted by Gasteiger charge is -2.24. The highest BCUT2D eigenvalue weighted by Crippen LogP contribution is 2.41. The minimum Gasteiger partial charge on any atom is -0.316 e. The number of hydrogen-bond donors (Lipinski definition) is 0. The van der Waals surface area contributed by atoms with E-state index >= 15 is 0 Å². The van der Waals surface area contributed by atoms with Gasteiger partial charge >= 0.3 is 0 Å². The van der Waals surface area contributed by atoms with E-state index in [0.29, 0.717) is 10.7 Å². The van der Waals surface area contributed by atoms with E-state index in [9.17, 15) is 17.6 Å². The molecule has 5 nitrogen and oxygen atoms in total. The summed E-state index contributed by atoms with van der Waals surface area (Å²) in [6.45, 7) is 0. The summed E-state index contributed by atoms with van der Waals surface area (Å²) in [5, 5.41) is 0.358. The molecule has 2 saturated heterocycles. The van der Waals surface area contributed by atoms with Gasteiger partial charge in [0, 0.05) is 15.4 Å². The van der Waals surface area contributed by atoms with E-state index < -0.39 is 9.84 Å². The molecule has 0 radical (unpaired) electrons. The molecule has 0 bridgehead atoms. The van der Waals surface area contributed by atoms with Crippen LogP contribution in [-0.2, 0) is 21.1 Å². The standard InChI is InChI=1S/C19H16BrFN2O3S2/c20-13-2-1-3-15(9-13)23-16-10-28(25,26)11-17(16)27-19(23)22-18(24)8-12-4-6-14(21)7-5-12/h1-7,9,16-17H,8,10-11H2. The van der Waals surface area contributed by atoms with Crippen LogP contribution in [0.5, 0.6) is 0 Å². The second kappa shape index (κ2) is 7.61. The van der Waals surface area contributed by atoms with Crippen LogP contribution in [0.1, 0.15) is 5.56 Å². The molecule has 9 heteroatoms. The smallest absolute Gasteiger partial charge is 0.252 e. The minimum absolute atomic E-state index is 0.0440. The zero-order chi connectivity index (χ0) is 19.9. The number of aliphatic imine (C=N–C) groups is 1. The molecule has 2 heterocycles. The van der Waals surface area contributed by atoms with Crippen molar-refractivity contribution in [1.82, 2.24) is 0 Å². The molecular weight excluding hydrogens is 467 g/mol. The highest BCUT2D eigenvalue weighted by molar-refractivity contribution is 9.10. The number of rotatable bonds is 3. The van der Waals surface area contributed by atoms with Crippen LogP contribution >= 0.6 is 27.7 Å². The maximum absolute atomic E-state index is 13.0. The van der Waals surface area contributed by atoms with Gasteiger partial charge in [-0.1, -0.05) is 45.9 Å². The third kappa shape index (κ3) is 4.16. The van der Waals surface area contributed by atoms with Crippen LogP contribution in [0.25, 0.3) is 0 Å². The summed E-state index contributed by atoms with van der Waals surface area (Å²) >= 11 is 4.77. The van der Waals surface area contributed by atoms with Crippen molar-refractivity contribution < 1.29 is 17.6 Å².